The molecule has 2 amide bonds. The number of hydrogen-bond donors (Lipinski definition) is 1. The Morgan fingerprint density at radius 3 is 2.45 bits per heavy atom. The second-order valence-electron chi connectivity index (χ2n) is 9.28. The average Bonchev–Trinajstić information content (AvgIpc) is 3.19. The Morgan fingerprint density at radius 1 is 1.15 bits per heavy atom. The number of carbonyl (C=O) groups is 2. The number of likely N-dealkylation sites (tertiary alicyclic amines) is 1. The number of amides is 2. The Labute approximate surface area is 201 Å². The highest BCUT2D eigenvalue weighted by Gasteiger charge is 2.31. The van der Waals surface area contributed by atoms with Gasteiger partial charge in [-0.3, -0.25) is 9.59 Å². The molecule has 6 nitrogen and oxygen atoms in total. The van der Waals surface area contributed by atoms with Crippen molar-refractivity contribution in [2.45, 2.75) is 60.0 Å². The molecule has 0 spiro atoms. The van der Waals surface area contributed by atoms with Gasteiger partial charge in [0.25, 0.3) is 5.91 Å². The Bertz CT molecular complexity index is 931. The van der Waals surface area contributed by atoms with Crippen LogP contribution >= 0.6 is 11.3 Å². The summed E-state index contributed by atoms with van der Waals surface area (Å²) in [6, 6.07) is 8.23. The summed E-state index contributed by atoms with van der Waals surface area (Å²) in [5.41, 5.74) is 3.04. The lowest BCUT2D eigenvalue weighted by molar-refractivity contribution is -0.126. The molecule has 2 aromatic rings. The van der Waals surface area contributed by atoms with E-state index in [9.17, 15) is 9.59 Å². The van der Waals surface area contributed by atoms with Crippen LogP contribution in [0.15, 0.2) is 24.3 Å². The van der Waals surface area contributed by atoms with Crippen molar-refractivity contribution in [1.29, 1.82) is 0 Å². The molecule has 33 heavy (non-hydrogen) atoms. The lowest BCUT2D eigenvalue weighted by atomic mass is 9.84. The molecule has 1 fully saturated rings. The summed E-state index contributed by atoms with van der Waals surface area (Å²) in [6.45, 7) is 12.7. The van der Waals surface area contributed by atoms with Gasteiger partial charge in [-0.25, -0.2) is 4.98 Å². The van der Waals surface area contributed by atoms with Gasteiger partial charge in [0, 0.05) is 37.7 Å². The van der Waals surface area contributed by atoms with E-state index in [0.29, 0.717) is 32.2 Å². The van der Waals surface area contributed by atoms with Gasteiger partial charge in [0.1, 0.15) is 9.88 Å². The van der Waals surface area contributed by atoms with Crippen molar-refractivity contribution < 1.29 is 14.3 Å². The summed E-state index contributed by atoms with van der Waals surface area (Å²) in [5.74, 6) is 0.410. The van der Waals surface area contributed by atoms with Crippen LogP contribution in [0.25, 0.3) is 10.6 Å². The number of carbonyl (C=O) groups excluding carboxylic acids is 2. The zero-order chi connectivity index (χ0) is 24.0. The largest absolute Gasteiger partial charge is 0.379 e. The van der Waals surface area contributed by atoms with Gasteiger partial charge in [0.15, 0.2) is 0 Å². The van der Waals surface area contributed by atoms with Crippen LogP contribution in [0.2, 0.25) is 0 Å². The van der Waals surface area contributed by atoms with Gasteiger partial charge in [0.05, 0.1) is 11.8 Å². The number of benzene rings is 1. The van der Waals surface area contributed by atoms with Crippen molar-refractivity contribution in [3.05, 3.63) is 40.4 Å². The molecule has 7 heteroatoms. The Balaban J connectivity index is 1.50. The Kier molecular flexibility index (Phi) is 9.03. The highest BCUT2D eigenvalue weighted by molar-refractivity contribution is 7.17. The molecule has 1 aromatic carbocycles. The lowest BCUT2D eigenvalue weighted by Crippen LogP contribution is -2.42. The molecule has 1 saturated heterocycles. The first-order chi connectivity index (χ1) is 15.8. The van der Waals surface area contributed by atoms with E-state index in [1.54, 1.807) is 0 Å². The van der Waals surface area contributed by atoms with E-state index in [-0.39, 0.29) is 23.8 Å². The van der Waals surface area contributed by atoms with Crippen LogP contribution in [0.1, 0.15) is 61.0 Å². The minimum atomic E-state index is -0.0495. The molecule has 1 N–H and O–H groups in total. The quantitative estimate of drug-likeness (QED) is 0.531. The summed E-state index contributed by atoms with van der Waals surface area (Å²) in [6.07, 6.45) is 2.73. The molecule has 3 rings (SSSR count). The molecular formula is C26H37N3O3S. The first-order valence-electron chi connectivity index (χ1n) is 12.0. The second kappa shape index (κ2) is 11.7. The van der Waals surface area contributed by atoms with Crippen LogP contribution in [-0.4, -0.2) is 54.0 Å². The standard InChI is InChI=1S/C26H37N3O3S/c1-17(2)32-16-6-13-27-24(30)19(4)21-11-14-29(15-12-21)26(31)23-20(5)28-25(33-23)22-9-7-18(3)8-10-22/h7-10,17,19,21H,6,11-16H2,1-5H3,(H,27,30)/t19-/m1/s1. The number of ether oxygens (including phenoxy) is 1. The highest BCUT2D eigenvalue weighted by atomic mass is 32.1. The normalized spacial score (nSPS) is 15.6. The van der Waals surface area contributed by atoms with Crippen molar-refractivity contribution in [1.82, 2.24) is 15.2 Å². The molecule has 1 aliphatic heterocycles. The topological polar surface area (TPSA) is 71.5 Å². The average molecular weight is 472 g/mol. The molecule has 0 radical (unpaired) electrons. The van der Waals surface area contributed by atoms with E-state index >= 15 is 0 Å². The Morgan fingerprint density at radius 2 is 1.82 bits per heavy atom. The maximum absolute atomic E-state index is 13.2. The number of rotatable bonds is 9. The van der Waals surface area contributed by atoms with Crippen molar-refractivity contribution in [3.63, 3.8) is 0 Å². The zero-order valence-electron chi connectivity index (χ0n) is 20.5. The molecule has 0 unspecified atom stereocenters. The zero-order valence-corrected chi connectivity index (χ0v) is 21.3. The van der Waals surface area contributed by atoms with E-state index < -0.39 is 0 Å². The number of aromatic nitrogens is 1. The number of nitrogens with one attached hydrogen (secondary N) is 1. The maximum atomic E-state index is 13.2. The van der Waals surface area contributed by atoms with E-state index in [1.165, 1.54) is 16.9 Å². The highest BCUT2D eigenvalue weighted by Crippen LogP contribution is 2.31. The third-order valence-electron chi connectivity index (χ3n) is 6.31. The van der Waals surface area contributed by atoms with E-state index in [1.807, 2.05) is 32.6 Å². The summed E-state index contributed by atoms with van der Waals surface area (Å²) in [4.78, 5) is 33.0. The first kappa shape index (κ1) is 25.4. The lowest BCUT2D eigenvalue weighted by Gasteiger charge is -2.34. The fraction of sp³-hybridized carbons (Fsp3) is 0.577. The van der Waals surface area contributed by atoms with Gasteiger partial charge in [-0.05, 0) is 52.9 Å². The van der Waals surface area contributed by atoms with Crippen molar-refractivity contribution in [3.8, 4) is 10.6 Å². The number of hydrogen-bond acceptors (Lipinski definition) is 5. The van der Waals surface area contributed by atoms with Crippen LogP contribution in [0.3, 0.4) is 0 Å². The molecule has 1 aromatic heterocycles. The van der Waals surface area contributed by atoms with Gasteiger partial charge in [-0.15, -0.1) is 11.3 Å². The molecule has 0 bridgehead atoms. The van der Waals surface area contributed by atoms with E-state index in [0.717, 1.165) is 40.4 Å². The molecule has 1 atom stereocenters. The third kappa shape index (κ3) is 6.87. The maximum Gasteiger partial charge on any atom is 0.265 e. The van der Waals surface area contributed by atoms with Gasteiger partial charge >= 0.3 is 0 Å². The van der Waals surface area contributed by atoms with Crippen molar-refractivity contribution in [2.24, 2.45) is 11.8 Å². The van der Waals surface area contributed by atoms with Crippen LogP contribution in [-0.2, 0) is 9.53 Å². The first-order valence-corrected chi connectivity index (χ1v) is 12.8. The molecule has 0 saturated carbocycles. The smallest absolute Gasteiger partial charge is 0.265 e. The van der Waals surface area contributed by atoms with Crippen molar-refractivity contribution in [2.75, 3.05) is 26.2 Å². The van der Waals surface area contributed by atoms with Gasteiger partial charge < -0.3 is 15.0 Å². The van der Waals surface area contributed by atoms with Gasteiger partial charge in [-0.1, -0.05) is 36.8 Å². The molecule has 2 heterocycles. The SMILES string of the molecule is Cc1ccc(-c2nc(C)c(C(=O)N3CCC([C@@H](C)C(=O)NCCCOC(C)C)CC3)s2)cc1. The van der Waals surface area contributed by atoms with E-state index in [2.05, 4.69) is 41.5 Å². The number of piperidine rings is 1. The molecular weight excluding hydrogens is 434 g/mol. The van der Waals surface area contributed by atoms with Crippen LogP contribution < -0.4 is 5.32 Å². The summed E-state index contributed by atoms with van der Waals surface area (Å²) >= 11 is 1.47. The van der Waals surface area contributed by atoms with Gasteiger partial charge in [-0.2, -0.15) is 0 Å². The fourth-order valence-electron chi connectivity index (χ4n) is 4.14. The summed E-state index contributed by atoms with van der Waals surface area (Å²) < 4.78 is 5.52. The van der Waals surface area contributed by atoms with Gasteiger partial charge in [0.2, 0.25) is 5.91 Å². The van der Waals surface area contributed by atoms with E-state index in [4.69, 9.17) is 4.74 Å². The molecule has 180 valence electrons. The minimum Gasteiger partial charge on any atom is -0.379 e. The minimum absolute atomic E-state index is 0.0495. The summed E-state index contributed by atoms with van der Waals surface area (Å²) in [7, 11) is 0. The predicted octanol–water partition coefficient (Wildman–Crippen LogP) is 4.85. The Hall–Kier alpha value is -2.25. The molecule has 1 aliphatic rings. The van der Waals surface area contributed by atoms with Crippen LogP contribution in [0.5, 0.6) is 0 Å². The number of thiazole rings is 1. The van der Waals surface area contributed by atoms with Crippen molar-refractivity contribution >= 4 is 23.2 Å². The predicted molar refractivity (Wildman–Crippen MR) is 134 cm³/mol. The monoisotopic (exact) mass is 471 g/mol. The van der Waals surface area contributed by atoms with Crippen LogP contribution in [0, 0.1) is 25.7 Å². The summed E-state index contributed by atoms with van der Waals surface area (Å²) in [5, 5.41) is 3.92. The fourth-order valence-corrected chi connectivity index (χ4v) is 5.18. The third-order valence-corrected chi connectivity index (χ3v) is 7.50. The number of aryl methyl sites for hydroxylation is 2. The second-order valence-corrected chi connectivity index (χ2v) is 10.3. The number of nitrogens with zero attached hydrogens (tertiary/aromatic N) is 2. The molecule has 0 aliphatic carbocycles. The van der Waals surface area contributed by atoms with Crippen LogP contribution in [0.4, 0.5) is 0 Å².